The molecule has 0 radical (unpaired) electrons. The zero-order valence-electron chi connectivity index (χ0n) is 13.9. The van der Waals surface area contributed by atoms with E-state index in [4.69, 9.17) is 9.15 Å². The third kappa shape index (κ3) is 3.37. The zero-order chi connectivity index (χ0) is 17.1. The van der Waals surface area contributed by atoms with Gasteiger partial charge in [-0.05, 0) is 26.3 Å². The molecule has 0 saturated heterocycles. The molecule has 24 heavy (non-hydrogen) atoms. The minimum atomic E-state index is -0.207. The van der Waals surface area contributed by atoms with Gasteiger partial charge in [0.1, 0.15) is 17.5 Å². The number of benzene rings is 1. The fraction of sp³-hybridized carbons (Fsp3) is 0.278. The lowest BCUT2D eigenvalue weighted by Gasteiger charge is -2.08. The van der Waals surface area contributed by atoms with E-state index in [0.29, 0.717) is 23.5 Å². The highest BCUT2D eigenvalue weighted by atomic mass is 16.5. The molecule has 6 nitrogen and oxygen atoms in total. The molecule has 0 aliphatic carbocycles. The van der Waals surface area contributed by atoms with Crippen molar-refractivity contribution in [2.45, 2.75) is 27.3 Å². The molecule has 0 unspecified atom stereocenters. The molecule has 6 heteroatoms. The molecule has 0 aliphatic rings. The van der Waals surface area contributed by atoms with Gasteiger partial charge >= 0.3 is 0 Å². The second kappa shape index (κ2) is 6.70. The summed E-state index contributed by atoms with van der Waals surface area (Å²) < 4.78 is 11.1. The van der Waals surface area contributed by atoms with Crippen molar-refractivity contribution in [3.8, 4) is 5.88 Å². The van der Waals surface area contributed by atoms with Crippen molar-refractivity contribution in [3.63, 3.8) is 0 Å². The van der Waals surface area contributed by atoms with Gasteiger partial charge in [0, 0.05) is 12.1 Å². The Bertz CT molecular complexity index is 886. The van der Waals surface area contributed by atoms with E-state index < -0.39 is 0 Å². The zero-order valence-corrected chi connectivity index (χ0v) is 13.9. The van der Waals surface area contributed by atoms with Crippen molar-refractivity contribution in [3.05, 3.63) is 53.0 Å². The lowest BCUT2D eigenvalue weighted by molar-refractivity contribution is -0.123. The Morgan fingerprint density at radius 3 is 2.88 bits per heavy atom. The van der Waals surface area contributed by atoms with E-state index in [1.807, 2.05) is 45.0 Å². The maximum atomic E-state index is 12.0. The molecule has 3 rings (SSSR count). The number of rotatable bonds is 5. The molecule has 124 valence electrons. The van der Waals surface area contributed by atoms with E-state index in [0.717, 1.165) is 22.5 Å². The molecule has 1 amide bonds. The van der Waals surface area contributed by atoms with Gasteiger partial charge in [-0.1, -0.05) is 29.8 Å². The van der Waals surface area contributed by atoms with Gasteiger partial charge in [-0.15, -0.1) is 0 Å². The summed E-state index contributed by atoms with van der Waals surface area (Å²) in [6.07, 6.45) is 1.37. The number of hydrogen-bond donors (Lipinski definition) is 1. The molecule has 0 aliphatic heterocycles. The molecule has 0 saturated carbocycles. The van der Waals surface area contributed by atoms with E-state index >= 15 is 0 Å². The molecular weight excluding hydrogens is 306 g/mol. The van der Waals surface area contributed by atoms with Crippen LogP contribution >= 0.6 is 0 Å². The van der Waals surface area contributed by atoms with Crippen LogP contribution in [-0.4, -0.2) is 22.5 Å². The summed E-state index contributed by atoms with van der Waals surface area (Å²) in [5.41, 5.74) is 3.59. The van der Waals surface area contributed by atoms with Crippen molar-refractivity contribution in [2.75, 3.05) is 6.61 Å². The summed E-state index contributed by atoms with van der Waals surface area (Å²) in [6, 6.07) is 7.99. The van der Waals surface area contributed by atoms with Gasteiger partial charge in [0.2, 0.25) is 11.6 Å². The Balaban J connectivity index is 1.62. The Kier molecular flexibility index (Phi) is 4.46. The predicted octanol–water partition coefficient (Wildman–Crippen LogP) is 2.84. The van der Waals surface area contributed by atoms with Crippen molar-refractivity contribution < 1.29 is 13.9 Å². The monoisotopic (exact) mass is 325 g/mol. The van der Waals surface area contributed by atoms with E-state index in [2.05, 4.69) is 15.3 Å². The lowest BCUT2D eigenvalue weighted by atomic mass is 10.1. The molecule has 0 atom stereocenters. The van der Waals surface area contributed by atoms with Crippen LogP contribution in [0.15, 0.2) is 35.0 Å². The Morgan fingerprint density at radius 1 is 1.25 bits per heavy atom. The first-order valence-corrected chi connectivity index (χ1v) is 7.70. The predicted molar refractivity (Wildman–Crippen MR) is 89.8 cm³/mol. The highest BCUT2D eigenvalue weighted by molar-refractivity contribution is 5.84. The third-order valence-corrected chi connectivity index (χ3v) is 3.84. The highest BCUT2D eigenvalue weighted by Gasteiger charge is 2.15. The van der Waals surface area contributed by atoms with Crippen molar-refractivity contribution in [2.24, 2.45) is 0 Å². The molecule has 2 aromatic heterocycles. The summed E-state index contributed by atoms with van der Waals surface area (Å²) in [5, 5.41) is 3.54. The summed E-state index contributed by atoms with van der Waals surface area (Å²) in [7, 11) is 0. The van der Waals surface area contributed by atoms with Crippen molar-refractivity contribution in [1.29, 1.82) is 0 Å². The van der Waals surface area contributed by atoms with E-state index in [1.54, 1.807) is 0 Å². The van der Waals surface area contributed by atoms with Crippen LogP contribution in [0.3, 0.4) is 0 Å². The molecular formula is C18H19N3O3. The second-order valence-electron chi connectivity index (χ2n) is 5.70. The molecule has 1 N–H and O–H groups in total. The standard InChI is InChI=1S/C18H19N3O3/c1-11-5-4-6-14(7-11)8-19-15(22)9-23-17-16-12(2)13(3)24-18(16)21-10-20-17/h4-7,10H,8-9H2,1-3H3,(H,19,22). The van der Waals surface area contributed by atoms with Crippen LogP contribution < -0.4 is 10.1 Å². The summed E-state index contributed by atoms with van der Waals surface area (Å²) in [4.78, 5) is 20.2. The Hall–Kier alpha value is -2.89. The lowest BCUT2D eigenvalue weighted by Crippen LogP contribution is -2.28. The summed E-state index contributed by atoms with van der Waals surface area (Å²) in [5.74, 6) is 0.917. The van der Waals surface area contributed by atoms with Gasteiger partial charge in [-0.25, -0.2) is 9.97 Å². The number of aromatic nitrogens is 2. The maximum absolute atomic E-state index is 12.0. The van der Waals surface area contributed by atoms with Gasteiger partial charge in [-0.2, -0.15) is 0 Å². The number of carbonyl (C=O) groups excluding carboxylic acids is 1. The van der Waals surface area contributed by atoms with Gasteiger partial charge in [-0.3, -0.25) is 4.79 Å². The molecule has 0 fully saturated rings. The average Bonchev–Trinajstić information content (AvgIpc) is 2.86. The number of nitrogens with one attached hydrogen (secondary N) is 1. The molecule has 0 bridgehead atoms. The quantitative estimate of drug-likeness (QED) is 0.780. The van der Waals surface area contributed by atoms with Gasteiger partial charge in [0.25, 0.3) is 5.91 Å². The average molecular weight is 325 g/mol. The number of ether oxygens (including phenoxy) is 1. The fourth-order valence-electron chi connectivity index (χ4n) is 2.47. The molecule has 0 spiro atoms. The van der Waals surface area contributed by atoms with Crippen LogP contribution in [0.2, 0.25) is 0 Å². The number of aryl methyl sites for hydroxylation is 3. The van der Waals surface area contributed by atoms with Crippen LogP contribution in [0.5, 0.6) is 5.88 Å². The number of carbonyl (C=O) groups is 1. The minimum absolute atomic E-state index is 0.110. The van der Waals surface area contributed by atoms with Crippen LogP contribution in [0, 0.1) is 20.8 Å². The van der Waals surface area contributed by atoms with E-state index in [-0.39, 0.29) is 12.5 Å². The topological polar surface area (TPSA) is 77.2 Å². The second-order valence-corrected chi connectivity index (χ2v) is 5.70. The Labute approximate surface area is 139 Å². The third-order valence-electron chi connectivity index (χ3n) is 3.84. The summed E-state index contributed by atoms with van der Waals surface area (Å²) >= 11 is 0. The van der Waals surface area contributed by atoms with Crippen LogP contribution in [0.25, 0.3) is 11.1 Å². The minimum Gasteiger partial charge on any atom is -0.467 e. The van der Waals surface area contributed by atoms with Crippen LogP contribution in [-0.2, 0) is 11.3 Å². The largest absolute Gasteiger partial charge is 0.467 e. The number of fused-ring (bicyclic) bond motifs is 1. The van der Waals surface area contributed by atoms with Crippen LogP contribution in [0.1, 0.15) is 22.5 Å². The first-order chi connectivity index (χ1) is 11.5. The fourth-order valence-corrected chi connectivity index (χ4v) is 2.47. The van der Waals surface area contributed by atoms with E-state index in [1.165, 1.54) is 6.33 Å². The first-order valence-electron chi connectivity index (χ1n) is 7.70. The normalized spacial score (nSPS) is 10.8. The number of nitrogens with zero attached hydrogens (tertiary/aromatic N) is 2. The van der Waals surface area contributed by atoms with Crippen LogP contribution in [0.4, 0.5) is 0 Å². The molecule has 2 heterocycles. The number of hydrogen-bond acceptors (Lipinski definition) is 5. The molecule has 3 aromatic rings. The number of amides is 1. The SMILES string of the molecule is Cc1cccc(CNC(=O)COc2ncnc3oc(C)c(C)c23)c1. The Morgan fingerprint density at radius 2 is 2.08 bits per heavy atom. The van der Waals surface area contributed by atoms with Crippen molar-refractivity contribution >= 4 is 17.0 Å². The smallest absolute Gasteiger partial charge is 0.258 e. The summed E-state index contributed by atoms with van der Waals surface area (Å²) in [6.45, 7) is 6.14. The number of furan rings is 1. The van der Waals surface area contributed by atoms with Gasteiger partial charge in [0.05, 0.1) is 0 Å². The maximum Gasteiger partial charge on any atom is 0.258 e. The highest BCUT2D eigenvalue weighted by Crippen LogP contribution is 2.29. The van der Waals surface area contributed by atoms with Gasteiger partial charge < -0.3 is 14.5 Å². The van der Waals surface area contributed by atoms with E-state index in [9.17, 15) is 4.79 Å². The first kappa shape index (κ1) is 16.0. The molecule has 1 aromatic carbocycles. The van der Waals surface area contributed by atoms with Gasteiger partial charge in [0.15, 0.2) is 6.61 Å². The van der Waals surface area contributed by atoms with Crippen molar-refractivity contribution in [1.82, 2.24) is 15.3 Å².